The van der Waals surface area contributed by atoms with Crippen LogP contribution in [0.5, 0.6) is 0 Å². The van der Waals surface area contributed by atoms with Gasteiger partial charge in [0.2, 0.25) is 5.91 Å². The Balaban J connectivity index is 1.88. The summed E-state index contributed by atoms with van der Waals surface area (Å²) in [6.45, 7) is 4.48. The van der Waals surface area contributed by atoms with Crippen LogP contribution in [-0.2, 0) is 4.79 Å². The van der Waals surface area contributed by atoms with Crippen LogP contribution >= 0.6 is 0 Å². The smallest absolute Gasteiger partial charge is 0.324 e. The summed E-state index contributed by atoms with van der Waals surface area (Å²) < 4.78 is 0. The molecule has 0 aromatic rings. The van der Waals surface area contributed by atoms with Gasteiger partial charge in [-0.2, -0.15) is 0 Å². The second-order valence-electron chi connectivity index (χ2n) is 6.86. The number of nitrogens with zero attached hydrogens (tertiary/aromatic N) is 2. The molecule has 1 heterocycles. The van der Waals surface area contributed by atoms with Crippen molar-refractivity contribution in [3.05, 3.63) is 0 Å². The van der Waals surface area contributed by atoms with Crippen LogP contribution in [0, 0.1) is 5.41 Å². The van der Waals surface area contributed by atoms with Gasteiger partial charge < -0.3 is 21.1 Å². The first-order valence-corrected chi connectivity index (χ1v) is 9.31. The zero-order valence-electron chi connectivity index (χ0n) is 15.1. The number of amides is 3. The highest BCUT2D eigenvalue weighted by Crippen LogP contribution is 2.39. The third kappa shape index (κ3) is 5.59. The molecule has 3 amide bonds. The number of nitrogens with one attached hydrogen (secondary N) is 3. The number of aliphatic imine (C=N–C) groups is 1. The lowest BCUT2D eigenvalue weighted by Gasteiger charge is -2.35. The molecule has 142 valence electrons. The molecular weight excluding hydrogens is 322 g/mol. The molecule has 1 aliphatic carbocycles. The van der Waals surface area contributed by atoms with Gasteiger partial charge in [0.1, 0.15) is 0 Å². The second kappa shape index (κ2) is 9.60. The number of urea groups is 1. The third-order valence-corrected chi connectivity index (χ3v) is 5.04. The van der Waals surface area contributed by atoms with Gasteiger partial charge >= 0.3 is 6.03 Å². The Morgan fingerprint density at radius 1 is 1.28 bits per heavy atom. The Bertz CT molecular complexity index is 467. The number of hydrogen-bond donors (Lipinski definition) is 4. The molecule has 1 saturated heterocycles. The number of carbonyl (C=O) groups excluding carboxylic acids is 2. The van der Waals surface area contributed by atoms with Crippen molar-refractivity contribution in [1.82, 2.24) is 20.9 Å². The lowest BCUT2D eigenvalue weighted by Crippen LogP contribution is -2.44. The van der Waals surface area contributed by atoms with Gasteiger partial charge in [-0.25, -0.2) is 4.79 Å². The van der Waals surface area contributed by atoms with Crippen molar-refractivity contribution in [2.75, 3.05) is 39.3 Å². The Kier molecular flexibility index (Phi) is 7.49. The molecule has 25 heavy (non-hydrogen) atoms. The van der Waals surface area contributed by atoms with Gasteiger partial charge in [0.05, 0.1) is 6.54 Å². The van der Waals surface area contributed by atoms with Gasteiger partial charge in [-0.1, -0.05) is 19.3 Å². The van der Waals surface area contributed by atoms with Gasteiger partial charge in [-0.3, -0.25) is 14.7 Å². The molecule has 0 radical (unpaired) electrons. The summed E-state index contributed by atoms with van der Waals surface area (Å²) in [5, 5.41) is 18.3. The molecule has 0 unspecified atom stereocenters. The standard InChI is InChI=1S/C17H31N5O3/c1-2-18-15(19-9-10-22-14(24)12-20-16(22)25)21-13-17(8-11-23)6-4-3-5-7-17/h23H,2-13H2,1H3,(H,20,25)(H2,18,19,21). The predicted octanol–water partition coefficient (Wildman–Crippen LogP) is 0.426. The summed E-state index contributed by atoms with van der Waals surface area (Å²) in [5.74, 6) is 0.496. The van der Waals surface area contributed by atoms with Crippen molar-refractivity contribution in [2.45, 2.75) is 45.4 Å². The van der Waals surface area contributed by atoms with Crippen molar-refractivity contribution < 1.29 is 14.7 Å². The number of rotatable bonds is 8. The topological polar surface area (TPSA) is 106 Å². The minimum atomic E-state index is -0.335. The summed E-state index contributed by atoms with van der Waals surface area (Å²) in [4.78, 5) is 29.0. The molecule has 8 heteroatoms. The summed E-state index contributed by atoms with van der Waals surface area (Å²) >= 11 is 0. The predicted molar refractivity (Wildman–Crippen MR) is 96.3 cm³/mol. The molecule has 0 aromatic carbocycles. The molecule has 1 saturated carbocycles. The Morgan fingerprint density at radius 2 is 2.04 bits per heavy atom. The molecule has 2 fully saturated rings. The highest BCUT2D eigenvalue weighted by Gasteiger charge is 2.31. The number of hydrogen-bond acceptors (Lipinski definition) is 4. The summed E-state index contributed by atoms with van der Waals surface area (Å²) in [6.07, 6.45) is 6.68. The van der Waals surface area contributed by atoms with Gasteiger partial charge in [0.25, 0.3) is 0 Å². The number of imide groups is 1. The maximum absolute atomic E-state index is 11.6. The maximum atomic E-state index is 11.6. The monoisotopic (exact) mass is 353 g/mol. The normalized spacial score (nSPS) is 20.6. The fraction of sp³-hybridized carbons (Fsp3) is 0.824. The van der Waals surface area contributed by atoms with Crippen LogP contribution in [0.3, 0.4) is 0 Å². The van der Waals surface area contributed by atoms with Crippen molar-refractivity contribution in [2.24, 2.45) is 10.4 Å². The Labute approximate surface area is 149 Å². The second-order valence-corrected chi connectivity index (χ2v) is 6.86. The van der Waals surface area contributed by atoms with Crippen LogP contribution in [0.2, 0.25) is 0 Å². The molecule has 0 aromatic heterocycles. The number of guanidine groups is 1. The molecule has 2 rings (SSSR count). The molecule has 4 N–H and O–H groups in total. The van der Waals surface area contributed by atoms with Crippen LogP contribution in [0.1, 0.15) is 45.4 Å². The van der Waals surface area contributed by atoms with Crippen molar-refractivity contribution >= 4 is 17.9 Å². The Hall–Kier alpha value is -1.83. The SMILES string of the molecule is CCNC(=NCC1(CCO)CCCCC1)NCCN1C(=O)CNC1=O. The quantitative estimate of drug-likeness (QED) is 0.288. The van der Waals surface area contributed by atoms with Gasteiger partial charge in [0.15, 0.2) is 5.96 Å². The van der Waals surface area contributed by atoms with Crippen LogP contribution < -0.4 is 16.0 Å². The van der Waals surface area contributed by atoms with E-state index >= 15 is 0 Å². The molecule has 0 spiro atoms. The van der Waals surface area contributed by atoms with Crippen LogP contribution in [0.15, 0.2) is 4.99 Å². The molecule has 1 aliphatic heterocycles. The van der Waals surface area contributed by atoms with Gasteiger partial charge in [0, 0.05) is 32.8 Å². The summed E-state index contributed by atoms with van der Waals surface area (Å²) in [7, 11) is 0. The minimum Gasteiger partial charge on any atom is -0.396 e. The first kappa shape index (κ1) is 19.5. The zero-order chi connectivity index (χ0) is 18.1. The maximum Gasteiger partial charge on any atom is 0.324 e. The zero-order valence-corrected chi connectivity index (χ0v) is 15.1. The molecular formula is C17H31N5O3. The van der Waals surface area contributed by atoms with E-state index in [1.165, 1.54) is 24.2 Å². The largest absolute Gasteiger partial charge is 0.396 e. The van der Waals surface area contributed by atoms with E-state index in [0.717, 1.165) is 25.8 Å². The molecule has 0 bridgehead atoms. The van der Waals surface area contributed by atoms with E-state index in [1.54, 1.807) is 0 Å². The average Bonchev–Trinajstić information content (AvgIpc) is 2.93. The first-order chi connectivity index (χ1) is 12.1. The van der Waals surface area contributed by atoms with E-state index < -0.39 is 0 Å². The molecule has 0 atom stereocenters. The third-order valence-electron chi connectivity index (χ3n) is 5.04. The van der Waals surface area contributed by atoms with E-state index in [-0.39, 0.29) is 30.5 Å². The fourth-order valence-electron chi connectivity index (χ4n) is 3.58. The lowest BCUT2D eigenvalue weighted by molar-refractivity contribution is -0.124. The van der Waals surface area contributed by atoms with Crippen molar-refractivity contribution in [3.63, 3.8) is 0 Å². The summed E-state index contributed by atoms with van der Waals surface area (Å²) in [6, 6.07) is -0.335. The number of carbonyl (C=O) groups is 2. The van der Waals surface area contributed by atoms with Crippen LogP contribution in [0.25, 0.3) is 0 Å². The van der Waals surface area contributed by atoms with Crippen molar-refractivity contribution in [1.29, 1.82) is 0 Å². The lowest BCUT2D eigenvalue weighted by atomic mass is 9.72. The van der Waals surface area contributed by atoms with Crippen molar-refractivity contribution in [3.8, 4) is 0 Å². The number of aliphatic hydroxyl groups is 1. The Morgan fingerprint density at radius 3 is 2.64 bits per heavy atom. The van der Waals surface area contributed by atoms with Crippen LogP contribution in [0.4, 0.5) is 4.79 Å². The van der Waals surface area contributed by atoms with E-state index in [0.29, 0.717) is 25.6 Å². The van der Waals surface area contributed by atoms with Gasteiger partial charge in [-0.05, 0) is 31.6 Å². The van der Waals surface area contributed by atoms with Gasteiger partial charge in [-0.15, -0.1) is 0 Å². The minimum absolute atomic E-state index is 0.0800. The van der Waals surface area contributed by atoms with Crippen LogP contribution in [-0.4, -0.2) is 67.2 Å². The average molecular weight is 353 g/mol. The molecule has 2 aliphatic rings. The van der Waals surface area contributed by atoms with E-state index in [9.17, 15) is 14.7 Å². The van der Waals surface area contributed by atoms with E-state index in [2.05, 4.69) is 16.0 Å². The van der Waals surface area contributed by atoms with E-state index in [1.807, 2.05) is 6.92 Å². The van der Waals surface area contributed by atoms with E-state index in [4.69, 9.17) is 4.99 Å². The first-order valence-electron chi connectivity index (χ1n) is 9.31. The fourth-order valence-corrected chi connectivity index (χ4v) is 3.58. The highest BCUT2D eigenvalue weighted by atomic mass is 16.3. The molecule has 8 nitrogen and oxygen atoms in total. The summed E-state index contributed by atoms with van der Waals surface area (Å²) in [5.41, 5.74) is 0.0974. The number of aliphatic hydroxyl groups excluding tert-OH is 1. The highest BCUT2D eigenvalue weighted by molar-refractivity contribution is 6.01.